The van der Waals surface area contributed by atoms with Crippen LogP contribution < -0.4 is 4.70 Å². The molecule has 0 aromatic heterocycles. The third kappa shape index (κ3) is 7.61. The number of rotatable bonds is 9. The SMILES string of the molecule is CC(C)N(C(C)C)C1C(N(C(C)C)C(C)C)C1[PH+](C12CC3CC(CC(C3)C1)C2)C12CC3CC(CC(C3)C1)C2.FB(F)F.[Cl][Au].[F-]. The molecular weight excluding hydrogens is 799 g/mol. The molecule has 9 rings (SSSR count). The Kier molecular flexibility index (Phi) is 13.1. The maximum absolute atomic E-state index is 9.67. The van der Waals surface area contributed by atoms with Gasteiger partial charge in [0.05, 0.1) is 22.4 Å². The summed E-state index contributed by atoms with van der Waals surface area (Å²) < 4.78 is 29.0. The van der Waals surface area contributed by atoms with E-state index in [9.17, 15) is 12.9 Å². The Morgan fingerprint density at radius 3 is 0.933 bits per heavy atom. The quantitative estimate of drug-likeness (QED) is 0.139. The standard InChI is InChI=1S/C35H61N2P.Au.BF3.ClH.FH/c1-21(2)36(22(3)4)31-32(37(23(5)6)24(7)8)33(31)38(34-15-25-9-26(16-34)11-27(10-25)17-34)35-18-28-12-29(19-35)14-30(13-28)20-35;;2-1(3)4;;/h21-33H,9-20H2,1-8H3;;;2*1H/q;+1;;;/p-1. The normalized spacial score (nSPS) is 42.6. The van der Waals surface area contributed by atoms with Gasteiger partial charge in [0, 0.05) is 32.1 Å². The second-order valence-corrected chi connectivity index (χ2v) is 21.4. The van der Waals surface area contributed by atoms with E-state index in [1.54, 1.807) is 97.0 Å². The Labute approximate surface area is 291 Å². The van der Waals surface area contributed by atoms with Crippen LogP contribution in [0.5, 0.6) is 0 Å². The van der Waals surface area contributed by atoms with Crippen LogP contribution in [0.4, 0.5) is 12.9 Å². The van der Waals surface area contributed by atoms with Crippen LogP contribution in [0.1, 0.15) is 132 Å². The molecule has 0 heterocycles. The fraction of sp³-hybridized carbons (Fsp3) is 1.00. The van der Waals surface area contributed by atoms with Crippen LogP contribution >= 0.6 is 17.1 Å². The molecule has 9 saturated carbocycles. The van der Waals surface area contributed by atoms with Crippen LogP contribution in [-0.2, 0) is 20.0 Å². The Bertz CT molecular complexity index is 815. The Hall–Kier alpha value is 1.17. The van der Waals surface area contributed by atoms with Gasteiger partial charge in [-0.15, -0.1) is 0 Å². The Morgan fingerprint density at radius 1 is 0.556 bits per heavy atom. The molecule has 9 aliphatic carbocycles. The van der Waals surface area contributed by atoms with Crippen molar-refractivity contribution in [2.45, 2.75) is 185 Å². The fourth-order valence-corrected chi connectivity index (χ4v) is 21.0. The van der Waals surface area contributed by atoms with Crippen LogP contribution in [0, 0.1) is 35.5 Å². The maximum Gasteiger partial charge on any atom is -1.00 e. The summed E-state index contributed by atoms with van der Waals surface area (Å²) in [5.74, 6) is 6.60. The molecule has 0 radical (unpaired) electrons. The molecule has 45 heavy (non-hydrogen) atoms. The summed E-state index contributed by atoms with van der Waals surface area (Å²) in [5.41, 5.74) is 1.00. The third-order valence-electron chi connectivity index (χ3n) is 13.6. The van der Waals surface area contributed by atoms with Gasteiger partial charge in [0.25, 0.3) is 0 Å². The van der Waals surface area contributed by atoms with E-state index < -0.39 is 15.5 Å². The van der Waals surface area contributed by atoms with Crippen molar-refractivity contribution in [2.24, 2.45) is 35.5 Å². The molecule has 2 unspecified atom stereocenters. The molecule has 266 valence electrons. The molecule has 0 N–H and O–H groups in total. The van der Waals surface area contributed by atoms with E-state index in [0.29, 0.717) is 24.2 Å². The first kappa shape index (κ1) is 39.0. The third-order valence-corrected chi connectivity index (χ3v) is 18.4. The van der Waals surface area contributed by atoms with Gasteiger partial charge >= 0.3 is 36.7 Å². The monoisotopic (exact) mass is 860 g/mol. The molecule has 0 saturated heterocycles. The van der Waals surface area contributed by atoms with Crippen molar-refractivity contribution in [2.75, 3.05) is 0 Å². The van der Waals surface area contributed by atoms with Crippen molar-refractivity contribution in [1.29, 1.82) is 0 Å². The van der Waals surface area contributed by atoms with E-state index in [1.807, 2.05) is 0 Å². The molecular formula is C35H62AuBClF4N2P. The van der Waals surface area contributed by atoms with Gasteiger partial charge in [-0.25, -0.2) is 0 Å². The molecule has 2 nitrogen and oxygen atoms in total. The Balaban J connectivity index is 0.000000613. The fourth-order valence-electron chi connectivity index (χ4n) is 14.1. The summed E-state index contributed by atoms with van der Waals surface area (Å²) in [7, 11) is 0.377. The smallest absolute Gasteiger partial charge is 1.00 e. The first-order chi connectivity index (χ1) is 20.7. The number of hydrogen-bond acceptors (Lipinski definition) is 2. The first-order valence-corrected chi connectivity index (χ1v) is 22.5. The number of halogens is 5. The van der Waals surface area contributed by atoms with Crippen LogP contribution in [0.3, 0.4) is 0 Å². The van der Waals surface area contributed by atoms with Crippen molar-refractivity contribution in [3.05, 3.63) is 0 Å². The number of hydrogen-bond donors (Lipinski definition) is 0. The summed E-state index contributed by atoms with van der Waals surface area (Å²) in [6.45, 7) is 20.1. The second kappa shape index (κ2) is 15.2. The van der Waals surface area contributed by atoms with E-state index in [4.69, 9.17) is 0 Å². The van der Waals surface area contributed by atoms with Gasteiger partial charge in [0.2, 0.25) is 0 Å². The molecule has 0 amide bonds. The van der Waals surface area contributed by atoms with E-state index in [2.05, 4.69) is 74.4 Å². The van der Waals surface area contributed by atoms with E-state index >= 15 is 0 Å². The summed E-state index contributed by atoms with van der Waals surface area (Å²) in [6.07, 6.45) is 19.7. The van der Waals surface area contributed by atoms with E-state index in [-0.39, 0.29) is 4.70 Å². The largest absolute Gasteiger partial charge is 1.00 e. The minimum Gasteiger partial charge on any atom is -1.00 e. The van der Waals surface area contributed by atoms with Crippen molar-refractivity contribution in [1.82, 2.24) is 9.80 Å². The predicted octanol–water partition coefficient (Wildman–Crippen LogP) is 7.07. The van der Waals surface area contributed by atoms with Crippen LogP contribution in [0.2, 0.25) is 0 Å². The Morgan fingerprint density at radius 2 is 0.756 bits per heavy atom. The van der Waals surface area contributed by atoms with Gasteiger partial charge in [-0.3, -0.25) is 22.7 Å². The first-order valence-electron chi connectivity index (χ1n) is 18.2. The van der Waals surface area contributed by atoms with Crippen LogP contribution in [0.15, 0.2) is 0 Å². The van der Waals surface area contributed by atoms with Gasteiger partial charge in [-0.2, -0.15) is 0 Å². The summed E-state index contributed by atoms with van der Waals surface area (Å²) in [4.78, 5) is 6.08. The molecule has 8 bridgehead atoms. The number of nitrogens with zero attached hydrogens (tertiary/aromatic N) is 2. The topological polar surface area (TPSA) is 6.48 Å². The molecule has 9 aliphatic rings. The zero-order chi connectivity index (χ0) is 32.3. The molecule has 0 aromatic rings. The second-order valence-electron chi connectivity index (χ2n) is 17.8. The zero-order valence-corrected chi connectivity index (χ0v) is 33.1. The molecule has 10 heteroatoms. The zero-order valence-electron chi connectivity index (χ0n) is 29.2. The molecule has 0 aliphatic heterocycles. The average Bonchev–Trinajstić information content (AvgIpc) is 3.53. The predicted molar refractivity (Wildman–Crippen MR) is 181 cm³/mol. The van der Waals surface area contributed by atoms with Gasteiger partial charge in [-0.1, -0.05) is 0 Å². The van der Waals surface area contributed by atoms with Gasteiger partial charge in [0.1, 0.15) is 5.66 Å². The van der Waals surface area contributed by atoms with E-state index in [1.165, 1.54) is 0 Å². The van der Waals surface area contributed by atoms with Crippen LogP contribution in [-0.4, -0.2) is 69.6 Å². The molecule has 2 atom stereocenters. The molecule has 0 spiro atoms. The molecule has 0 aromatic carbocycles. The summed E-state index contributed by atoms with van der Waals surface area (Å²) in [5, 5.41) is 1.56. The van der Waals surface area contributed by atoms with Gasteiger partial charge in [0.15, 0.2) is 0 Å². The minimum atomic E-state index is -3.67. The van der Waals surface area contributed by atoms with Crippen molar-refractivity contribution in [3.8, 4) is 0 Å². The van der Waals surface area contributed by atoms with Crippen LogP contribution in [0.25, 0.3) is 0 Å². The minimum absolute atomic E-state index is 0. The average molecular weight is 861 g/mol. The summed E-state index contributed by atoms with van der Waals surface area (Å²) in [6, 6.07) is 4.26. The van der Waals surface area contributed by atoms with E-state index in [0.717, 1.165) is 63.6 Å². The van der Waals surface area contributed by atoms with Crippen molar-refractivity contribution in [3.63, 3.8) is 0 Å². The summed E-state index contributed by atoms with van der Waals surface area (Å²) >= 11 is 1.75. The van der Waals surface area contributed by atoms with Gasteiger partial charge in [-0.05, 0) is 168 Å². The van der Waals surface area contributed by atoms with Crippen molar-refractivity contribution < 1.29 is 37.6 Å². The molecule has 9 fully saturated rings. The van der Waals surface area contributed by atoms with Crippen molar-refractivity contribution >= 4 is 24.7 Å². The van der Waals surface area contributed by atoms with Gasteiger partial charge < -0.3 is 4.70 Å². The maximum atomic E-state index is 9.67.